The van der Waals surface area contributed by atoms with E-state index in [4.69, 9.17) is 19.3 Å². The third kappa shape index (κ3) is 3.48. The molecule has 2 rings (SSSR count). The van der Waals surface area contributed by atoms with Gasteiger partial charge in [-0.15, -0.1) is 0 Å². The fourth-order valence-electron chi connectivity index (χ4n) is 2.51. The lowest BCUT2D eigenvalue weighted by molar-refractivity contribution is -0.277. The van der Waals surface area contributed by atoms with Gasteiger partial charge in [-0.05, 0) is 6.92 Å². The largest absolute Gasteiger partial charge is 0.504 e. The number of ketones is 1. The predicted molar refractivity (Wildman–Crippen MR) is 80.7 cm³/mol. The van der Waals surface area contributed by atoms with Crippen LogP contribution < -0.4 is 9.47 Å². The van der Waals surface area contributed by atoms with Gasteiger partial charge in [0.05, 0.1) is 13.7 Å². The van der Waals surface area contributed by atoms with E-state index >= 15 is 0 Å². The van der Waals surface area contributed by atoms with Crippen LogP contribution in [0.25, 0.3) is 0 Å². The van der Waals surface area contributed by atoms with Crippen LogP contribution in [0.1, 0.15) is 17.3 Å². The molecule has 0 bridgehead atoms. The molecule has 140 valence electrons. The van der Waals surface area contributed by atoms with Gasteiger partial charge in [0, 0.05) is 6.07 Å². The molecule has 0 radical (unpaired) electrons. The lowest BCUT2D eigenvalue weighted by Crippen LogP contribution is -2.60. The number of aliphatic hydroxyl groups excluding tert-OH is 4. The van der Waals surface area contributed by atoms with E-state index in [-0.39, 0.29) is 11.3 Å². The lowest BCUT2D eigenvalue weighted by atomic mass is 9.99. The second kappa shape index (κ2) is 7.42. The van der Waals surface area contributed by atoms with Gasteiger partial charge in [0.25, 0.3) is 0 Å². The minimum atomic E-state index is -1.75. The van der Waals surface area contributed by atoms with E-state index < -0.39 is 60.3 Å². The van der Waals surface area contributed by atoms with Crippen LogP contribution in [0, 0.1) is 0 Å². The molecule has 0 spiro atoms. The van der Waals surface area contributed by atoms with Gasteiger partial charge < -0.3 is 44.8 Å². The highest BCUT2D eigenvalue weighted by Crippen LogP contribution is 2.45. The van der Waals surface area contributed by atoms with Crippen molar-refractivity contribution in [2.45, 2.75) is 37.6 Å². The summed E-state index contributed by atoms with van der Waals surface area (Å²) in [6.45, 7) is 0.482. The van der Waals surface area contributed by atoms with E-state index in [0.717, 1.165) is 13.0 Å². The van der Waals surface area contributed by atoms with Gasteiger partial charge in [-0.1, -0.05) is 0 Å². The summed E-state index contributed by atoms with van der Waals surface area (Å²) in [6, 6.07) is 1.02. The van der Waals surface area contributed by atoms with E-state index in [1.165, 1.54) is 7.11 Å². The molecule has 1 aliphatic rings. The molecule has 5 atom stereocenters. The van der Waals surface area contributed by atoms with Crippen molar-refractivity contribution >= 4 is 5.78 Å². The summed E-state index contributed by atoms with van der Waals surface area (Å²) in [5.41, 5.74) is -0.264. The van der Waals surface area contributed by atoms with E-state index in [0.29, 0.717) is 0 Å². The Morgan fingerprint density at radius 2 is 1.84 bits per heavy atom. The second-order valence-corrected chi connectivity index (χ2v) is 5.52. The SMILES string of the molecule is COc1cc(O)c(OC2OC(CO)C(O)C(O)C2O)c(O)c1C(C)=O. The number of methoxy groups -OCH3 is 1. The third-order valence-electron chi connectivity index (χ3n) is 3.85. The number of phenols is 2. The van der Waals surface area contributed by atoms with Gasteiger partial charge in [0.1, 0.15) is 35.7 Å². The number of aliphatic hydroxyl groups is 4. The fourth-order valence-corrected chi connectivity index (χ4v) is 2.51. The molecule has 1 aliphatic heterocycles. The predicted octanol–water partition coefficient (Wildman–Crippen LogP) is -1.51. The first-order valence-electron chi connectivity index (χ1n) is 7.33. The number of Topliss-reactive ketones (excluding diaryl/α,β-unsaturated/α-hetero) is 1. The summed E-state index contributed by atoms with van der Waals surface area (Å²) in [4.78, 5) is 11.7. The number of hydrogen-bond acceptors (Lipinski definition) is 10. The van der Waals surface area contributed by atoms with E-state index in [2.05, 4.69) is 0 Å². The van der Waals surface area contributed by atoms with Crippen molar-refractivity contribution in [1.82, 2.24) is 0 Å². The van der Waals surface area contributed by atoms with Crippen molar-refractivity contribution in [3.8, 4) is 23.0 Å². The first kappa shape index (κ1) is 19.2. The number of phenolic OH excluding ortho intramolecular Hbond substituents is 2. The minimum Gasteiger partial charge on any atom is -0.504 e. The summed E-state index contributed by atoms with van der Waals surface area (Å²) in [6.07, 6.45) is -7.92. The van der Waals surface area contributed by atoms with Crippen molar-refractivity contribution in [3.05, 3.63) is 11.6 Å². The van der Waals surface area contributed by atoms with Crippen LogP contribution in [0.2, 0.25) is 0 Å². The molecule has 10 heteroatoms. The van der Waals surface area contributed by atoms with Gasteiger partial charge in [-0.3, -0.25) is 4.79 Å². The number of benzene rings is 1. The Balaban J connectivity index is 2.39. The molecule has 10 nitrogen and oxygen atoms in total. The smallest absolute Gasteiger partial charge is 0.229 e. The standard InChI is InChI=1S/C15H20O10/c1-5(17)9-7(23-2)3-6(18)14(11(9)20)25-15-13(22)12(21)10(19)8(4-16)24-15/h3,8,10,12-13,15-16,18-22H,4H2,1-2H3. The number of rotatable bonds is 5. The Morgan fingerprint density at radius 1 is 1.20 bits per heavy atom. The summed E-state index contributed by atoms with van der Waals surface area (Å²) < 4.78 is 15.3. The van der Waals surface area contributed by atoms with Gasteiger partial charge in [-0.2, -0.15) is 0 Å². The Morgan fingerprint density at radius 3 is 2.36 bits per heavy atom. The van der Waals surface area contributed by atoms with Crippen molar-refractivity contribution in [2.75, 3.05) is 13.7 Å². The molecule has 25 heavy (non-hydrogen) atoms. The number of aromatic hydroxyl groups is 2. The molecule has 1 fully saturated rings. The summed E-state index contributed by atoms with van der Waals surface area (Å²) in [5.74, 6) is -2.62. The van der Waals surface area contributed by atoms with Crippen molar-refractivity contribution < 1.29 is 49.6 Å². The Kier molecular flexibility index (Phi) is 5.70. The van der Waals surface area contributed by atoms with Gasteiger partial charge in [-0.25, -0.2) is 0 Å². The highest BCUT2D eigenvalue weighted by atomic mass is 16.7. The van der Waals surface area contributed by atoms with Crippen LogP contribution in [-0.4, -0.2) is 80.8 Å². The summed E-state index contributed by atoms with van der Waals surface area (Å²) in [7, 11) is 1.23. The van der Waals surface area contributed by atoms with Gasteiger partial charge >= 0.3 is 0 Å². The van der Waals surface area contributed by atoms with Crippen LogP contribution in [0.4, 0.5) is 0 Å². The van der Waals surface area contributed by atoms with Crippen LogP contribution >= 0.6 is 0 Å². The Labute approximate surface area is 142 Å². The number of carbonyl (C=O) groups is 1. The third-order valence-corrected chi connectivity index (χ3v) is 3.85. The molecule has 1 heterocycles. The molecule has 0 amide bonds. The molecule has 6 N–H and O–H groups in total. The monoisotopic (exact) mass is 360 g/mol. The van der Waals surface area contributed by atoms with Crippen molar-refractivity contribution in [2.24, 2.45) is 0 Å². The lowest BCUT2D eigenvalue weighted by Gasteiger charge is -2.39. The molecule has 1 aromatic carbocycles. The molecule has 0 aromatic heterocycles. The van der Waals surface area contributed by atoms with Crippen molar-refractivity contribution in [1.29, 1.82) is 0 Å². The quantitative estimate of drug-likeness (QED) is 0.340. The highest BCUT2D eigenvalue weighted by molar-refractivity contribution is 6.01. The molecule has 0 saturated carbocycles. The molecule has 1 saturated heterocycles. The van der Waals surface area contributed by atoms with Crippen LogP contribution in [0.3, 0.4) is 0 Å². The number of hydrogen-bond donors (Lipinski definition) is 6. The zero-order valence-corrected chi connectivity index (χ0v) is 13.5. The van der Waals surface area contributed by atoms with Gasteiger partial charge in [0.2, 0.25) is 12.0 Å². The second-order valence-electron chi connectivity index (χ2n) is 5.52. The minimum absolute atomic E-state index is 0.0938. The van der Waals surface area contributed by atoms with E-state index in [1.807, 2.05) is 0 Å². The molecule has 1 aromatic rings. The van der Waals surface area contributed by atoms with Crippen molar-refractivity contribution in [3.63, 3.8) is 0 Å². The molecular weight excluding hydrogens is 340 g/mol. The average Bonchev–Trinajstić information content (AvgIpc) is 2.57. The van der Waals surface area contributed by atoms with E-state index in [1.54, 1.807) is 0 Å². The first-order chi connectivity index (χ1) is 11.7. The maximum absolute atomic E-state index is 11.7. The Hall–Kier alpha value is -2.11. The topological polar surface area (TPSA) is 166 Å². The molecular formula is C15H20O10. The van der Waals surface area contributed by atoms with Crippen LogP contribution in [-0.2, 0) is 4.74 Å². The van der Waals surface area contributed by atoms with Gasteiger partial charge in [0.15, 0.2) is 17.3 Å². The normalized spacial score (nSPS) is 29.3. The zero-order valence-electron chi connectivity index (χ0n) is 13.5. The highest BCUT2D eigenvalue weighted by Gasteiger charge is 2.45. The zero-order chi connectivity index (χ0) is 18.9. The maximum Gasteiger partial charge on any atom is 0.229 e. The fraction of sp³-hybridized carbons (Fsp3) is 0.533. The van der Waals surface area contributed by atoms with E-state index in [9.17, 15) is 30.3 Å². The van der Waals surface area contributed by atoms with Crippen LogP contribution in [0.5, 0.6) is 23.0 Å². The van der Waals surface area contributed by atoms with Crippen LogP contribution in [0.15, 0.2) is 6.07 Å². The maximum atomic E-state index is 11.7. The molecule has 0 aliphatic carbocycles. The summed E-state index contributed by atoms with van der Waals surface area (Å²) >= 11 is 0. The summed E-state index contributed by atoms with van der Waals surface area (Å²) in [5, 5.41) is 58.8. The average molecular weight is 360 g/mol. The number of carbonyl (C=O) groups excluding carboxylic acids is 1. The number of ether oxygens (including phenoxy) is 3. The first-order valence-corrected chi connectivity index (χ1v) is 7.33. The Bertz CT molecular complexity index is 644. The molecule has 5 unspecified atom stereocenters.